The van der Waals surface area contributed by atoms with Crippen LogP contribution in [0.4, 0.5) is 11.4 Å². The van der Waals surface area contributed by atoms with Crippen molar-refractivity contribution in [3.05, 3.63) is 46.2 Å². The molecule has 2 aliphatic heterocycles. The van der Waals surface area contributed by atoms with Crippen molar-refractivity contribution in [3.63, 3.8) is 0 Å². The summed E-state index contributed by atoms with van der Waals surface area (Å²) in [6.45, 7) is 2.87. The van der Waals surface area contributed by atoms with Gasteiger partial charge in [-0.25, -0.2) is 4.79 Å². The van der Waals surface area contributed by atoms with E-state index in [0.29, 0.717) is 12.0 Å². The smallest absolute Gasteiger partial charge is 0.337 e. The number of esters is 1. The van der Waals surface area contributed by atoms with Gasteiger partial charge >= 0.3 is 5.97 Å². The lowest BCUT2D eigenvalue weighted by atomic mass is 9.96. The molecule has 0 spiro atoms. The molecule has 25 heavy (non-hydrogen) atoms. The van der Waals surface area contributed by atoms with Crippen LogP contribution in [-0.4, -0.2) is 24.6 Å². The fraction of sp³-hybridized carbons (Fsp3) is 0.368. The first-order valence-electron chi connectivity index (χ1n) is 8.40. The van der Waals surface area contributed by atoms with Gasteiger partial charge in [0, 0.05) is 11.3 Å². The molecular formula is C19H20N2O3S. The van der Waals surface area contributed by atoms with Gasteiger partial charge in [0.05, 0.1) is 30.6 Å². The Bertz CT molecular complexity index is 833. The molecule has 1 amide bonds. The maximum Gasteiger partial charge on any atom is 0.337 e. The summed E-state index contributed by atoms with van der Waals surface area (Å²) in [4.78, 5) is 30.1. The van der Waals surface area contributed by atoms with Crippen molar-refractivity contribution in [2.75, 3.05) is 16.9 Å². The van der Waals surface area contributed by atoms with Gasteiger partial charge in [-0.15, -0.1) is 11.3 Å². The second-order valence-electron chi connectivity index (χ2n) is 6.66. The molecule has 1 saturated heterocycles. The average Bonchev–Trinajstić information content (AvgIpc) is 3.20. The number of carbonyl (C=O) groups excluding carboxylic acids is 2. The van der Waals surface area contributed by atoms with Gasteiger partial charge in [-0.2, -0.15) is 0 Å². The summed E-state index contributed by atoms with van der Waals surface area (Å²) in [5.41, 5.74) is 1.89. The number of hydrogen-bond acceptors (Lipinski definition) is 5. The third-order valence-electron chi connectivity index (χ3n) is 5.18. The lowest BCUT2D eigenvalue weighted by Crippen LogP contribution is -2.59. The van der Waals surface area contributed by atoms with Crippen LogP contribution in [0.3, 0.4) is 0 Å². The number of anilines is 2. The Morgan fingerprint density at radius 3 is 2.88 bits per heavy atom. The summed E-state index contributed by atoms with van der Waals surface area (Å²) in [5.74, 6) is -0.267. The van der Waals surface area contributed by atoms with E-state index in [2.05, 4.69) is 23.3 Å². The van der Waals surface area contributed by atoms with Crippen molar-refractivity contribution in [1.82, 2.24) is 0 Å². The van der Waals surface area contributed by atoms with Gasteiger partial charge in [0.2, 0.25) is 5.91 Å². The van der Waals surface area contributed by atoms with E-state index in [4.69, 9.17) is 4.74 Å². The van der Waals surface area contributed by atoms with Gasteiger partial charge in [-0.3, -0.25) is 9.69 Å². The fourth-order valence-corrected chi connectivity index (χ4v) is 4.66. The van der Waals surface area contributed by atoms with Crippen molar-refractivity contribution in [1.29, 1.82) is 0 Å². The molecule has 1 aromatic heterocycles. The number of ether oxygens (including phenoxy) is 1. The second-order valence-corrected chi connectivity index (χ2v) is 7.69. The van der Waals surface area contributed by atoms with E-state index >= 15 is 0 Å². The number of benzene rings is 1. The molecule has 0 radical (unpaired) electrons. The van der Waals surface area contributed by atoms with Crippen molar-refractivity contribution in [2.45, 2.75) is 38.4 Å². The van der Waals surface area contributed by atoms with Gasteiger partial charge < -0.3 is 9.64 Å². The largest absolute Gasteiger partial charge is 0.465 e. The molecular weight excluding hydrogens is 336 g/mol. The van der Waals surface area contributed by atoms with Crippen LogP contribution in [0.15, 0.2) is 35.7 Å². The maximum absolute atomic E-state index is 12.7. The lowest BCUT2D eigenvalue weighted by Gasteiger charge is -2.45. The Morgan fingerprint density at radius 2 is 2.16 bits per heavy atom. The highest BCUT2D eigenvalue weighted by atomic mass is 32.1. The molecule has 6 heteroatoms. The SMILES string of the molecule is COC(=O)c1ccc2c(c1)N1C(=O)CCCC1(C)N2Cc1cccs1. The second kappa shape index (κ2) is 5.88. The van der Waals surface area contributed by atoms with Crippen LogP contribution in [0.1, 0.15) is 41.4 Å². The normalized spacial score (nSPS) is 21.9. The van der Waals surface area contributed by atoms with Crippen molar-refractivity contribution >= 4 is 34.6 Å². The molecule has 1 atom stereocenters. The van der Waals surface area contributed by atoms with Crippen LogP contribution in [0.2, 0.25) is 0 Å². The molecule has 0 aliphatic carbocycles. The monoisotopic (exact) mass is 356 g/mol. The summed E-state index contributed by atoms with van der Waals surface area (Å²) in [7, 11) is 1.37. The molecule has 0 bridgehead atoms. The topological polar surface area (TPSA) is 49.9 Å². The fourth-order valence-electron chi connectivity index (χ4n) is 3.97. The first-order valence-corrected chi connectivity index (χ1v) is 9.28. The van der Waals surface area contributed by atoms with Crippen molar-refractivity contribution < 1.29 is 14.3 Å². The van der Waals surface area contributed by atoms with Crippen LogP contribution in [0.25, 0.3) is 0 Å². The summed E-state index contributed by atoms with van der Waals surface area (Å²) in [6.07, 6.45) is 2.33. The van der Waals surface area contributed by atoms with Crippen LogP contribution >= 0.6 is 11.3 Å². The van der Waals surface area contributed by atoms with Crippen LogP contribution in [0, 0.1) is 0 Å². The number of methoxy groups -OCH3 is 1. The zero-order valence-electron chi connectivity index (χ0n) is 14.3. The van der Waals surface area contributed by atoms with E-state index in [-0.39, 0.29) is 11.9 Å². The number of thiophene rings is 1. The Morgan fingerprint density at radius 1 is 1.32 bits per heavy atom. The van der Waals surface area contributed by atoms with E-state index in [1.54, 1.807) is 23.5 Å². The van der Waals surface area contributed by atoms with E-state index in [0.717, 1.165) is 30.8 Å². The molecule has 2 aromatic rings. The summed E-state index contributed by atoms with van der Waals surface area (Å²) in [5, 5.41) is 2.07. The van der Waals surface area contributed by atoms with Gasteiger partial charge in [-0.05, 0) is 49.4 Å². The minimum absolute atomic E-state index is 0.116. The quantitative estimate of drug-likeness (QED) is 0.785. The summed E-state index contributed by atoms with van der Waals surface area (Å²) >= 11 is 1.72. The third kappa shape index (κ3) is 2.43. The minimum atomic E-state index is -0.392. The Labute approximate surface area is 150 Å². The van der Waals surface area contributed by atoms with Crippen molar-refractivity contribution in [2.24, 2.45) is 0 Å². The highest BCUT2D eigenvalue weighted by Crippen LogP contribution is 2.50. The number of rotatable bonds is 3. The number of fused-ring (bicyclic) bond motifs is 3. The van der Waals surface area contributed by atoms with E-state index in [1.807, 2.05) is 17.0 Å². The molecule has 1 aromatic carbocycles. The van der Waals surface area contributed by atoms with Gasteiger partial charge in [-0.1, -0.05) is 6.07 Å². The molecule has 1 unspecified atom stereocenters. The Balaban J connectivity index is 1.83. The molecule has 1 fully saturated rings. The number of amides is 1. The molecule has 3 heterocycles. The standard InChI is InChI=1S/C19H20N2O3S/c1-19-9-3-6-17(22)21(19)16-11-13(18(23)24-2)7-8-15(16)20(19)12-14-5-4-10-25-14/h4-5,7-8,10-11H,3,6,9,12H2,1-2H3. The molecule has 2 aliphatic rings. The minimum Gasteiger partial charge on any atom is -0.465 e. The van der Waals surface area contributed by atoms with Crippen LogP contribution < -0.4 is 9.80 Å². The highest BCUT2D eigenvalue weighted by Gasteiger charge is 2.50. The zero-order valence-corrected chi connectivity index (χ0v) is 15.1. The first kappa shape index (κ1) is 16.1. The highest BCUT2D eigenvalue weighted by molar-refractivity contribution is 7.09. The molecule has 0 N–H and O–H groups in total. The van der Waals surface area contributed by atoms with E-state index < -0.39 is 5.66 Å². The first-order chi connectivity index (χ1) is 12.0. The lowest BCUT2D eigenvalue weighted by molar-refractivity contribution is -0.121. The molecule has 5 nitrogen and oxygen atoms in total. The van der Waals surface area contributed by atoms with Crippen LogP contribution in [0.5, 0.6) is 0 Å². The Hall–Kier alpha value is -2.34. The van der Waals surface area contributed by atoms with E-state index in [1.165, 1.54) is 12.0 Å². The number of piperidine rings is 1. The summed E-state index contributed by atoms with van der Waals surface area (Å²) in [6, 6.07) is 9.66. The van der Waals surface area contributed by atoms with Crippen molar-refractivity contribution in [3.8, 4) is 0 Å². The Kier molecular flexibility index (Phi) is 3.80. The predicted octanol–water partition coefficient (Wildman–Crippen LogP) is 3.79. The summed E-state index contributed by atoms with van der Waals surface area (Å²) < 4.78 is 4.84. The van der Waals surface area contributed by atoms with Gasteiger partial charge in [0.1, 0.15) is 5.66 Å². The molecule has 130 valence electrons. The average molecular weight is 356 g/mol. The third-order valence-corrected chi connectivity index (χ3v) is 6.04. The van der Waals surface area contributed by atoms with Gasteiger partial charge in [0.15, 0.2) is 0 Å². The van der Waals surface area contributed by atoms with Crippen LogP contribution in [-0.2, 0) is 16.1 Å². The zero-order chi connectivity index (χ0) is 17.6. The maximum atomic E-state index is 12.7. The number of nitrogens with zero attached hydrogens (tertiary/aromatic N) is 2. The van der Waals surface area contributed by atoms with E-state index in [9.17, 15) is 9.59 Å². The predicted molar refractivity (Wildman–Crippen MR) is 98.0 cm³/mol. The number of carbonyl (C=O) groups is 2. The molecule has 4 rings (SSSR count). The van der Waals surface area contributed by atoms with Gasteiger partial charge in [0.25, 0.3) is 0 Å². The molecule has 0 saturated carbocycles. The number of hydrogen-bond donors (Lipinski definition) is 0.